The summed E-state index contributed by atoms with van der Waals surface area (Å²) in [7, 11) is 0. The largest absolute Gasteiger partial charge is 0.447 e. The molecule has 0 atom stereocenters. The number of aromatic nitrogens is 1. The van der Waals surface area contributed by atoms with Crippen molar-refractivity contribution in [2.45, 2.75) is 33.4 Å². The fourth-order valence-corrected chi connectivity index (χ4v) is 3.22. The van der Waals surface area contributed by atoms with Gasteiger partial charge >= 0.3 is 12.1 Å². The van der Waals surface area contributed by atoms with Crippen molar-refractivity contribution in [3.63, 3.8) is 0 Å². The summed E-state index contributed by atoms with van der Waals surface area (Å²) in [6.07, 6.45) is 1.10. The lowest BCUT2D eigenvalue weighted by atomic mass is 10.1. The number of aryl methyl sites for hydroxylation is 1. The second-order valence-electron chi connectivity index (χ2n) is 7.78. The molecule has 0 spiro atoms. The van der Waals surface area contributed by atoms with E-state index < -0.39 is 11.8 Å². The Morgan fingerprint density at radius 3 is 2.52 bits per heavy atom. The van der Waals surface area contributed by atoms with Gasteiger partial charge in [0.25, 0.3) is 0 Å². The number of rotatable bonds is 5. The highest BCUT2D eigenvalue weighted by Gasteiger charge is 2.23. The molecule has 2 N–H and O–H groups in total. The van der Waals surface area contributed by atoms with E-state index in [1.54, 1.807) is 29.2 Å². The number of benzene rings is 1. The molecule has 1 aliphatic rings. The van der Waals surface area contributed by atoms with Crippen LogP contribution in [0.25, 0.3) is 0 Å². The predicted molar refractivity (Wildman–Crippen MR) is 116 cm³/mol. The minimum atomic E-state index is -0.543. The zero-order chi connectivity index (χ0) is 22.4. The molecule has 2 heterocycles. The molecule has 0 bridgehead atoms. The molecule has 0 unspecified atom stereocenters. The second-order valence-corrected chi connectivity index (χ2v) is 7.78. The van der Waals surface area contributed by atoms with E-state index in [-0.39, 0.29) is 17.9 Å². The van der Waals surface area contributed by atoms with Gasteiger partial charge in [-0.15, -0.1) is 0 Å². The lowest BCUT2D eigenvalue weighted by Crippen LogP contribution is -2.48. The first-order valence-corrected chi connectivity index (χ1v) is 10.3. The van der Waals surface area contributed by atoms with E-state index in [2.05, 4.69) is 20.5 Å². The van der Waals surface area contributed by atoms with Crippen LogP contribution in [0.2, 0.25) is 0 Å². The summed E-state index contributed by atoms with van der Waals surface area (Å²) in [6, 6.07) is 7.63. The molecule has 8 nitrogen and oxygen atoms in total. The number of carbonyl (C=O) groups is 2. The van der Waals surface area contributed by atoms with Gasteiger partial charge in [-0.2, -0.15) is 0 Å². The predicted octanol–water partition coefficient (Wildman–Crippen LogP) is 3.84. The van der Waals surface area contributed by atoms with Gasteiger partial charge in [0.05, 0.1) is 23.7 Å². The summed E-state index contributed by atoms with van der Waals surface area (Å²) in [5.41, 5.74) is 2.33. The van der Waals surface area contributed by atoms with Gasteiger partial charge < -0.3 is 20.3 Å². The number of nitrogens with zero attached hydrogens (tertiary/aromatic N) is 3. The third-order valence-corrected chi connectivity index (χ3v) is 4.82. The maximum Gasteiger partial charge on any atom is 0.410 e. The van der Waals surface area contributed by atoms with Gasteiger partial charge in [-0.05, 0) is 50.6 Å². The van der Waals surface area contributed by atoms with Crippen LogP contribution in [0.5, 0.6) is 0 Å². The minimum Gasteiger partial charge on any atom is -0.447 e. The Hall–Kier alpha value is -3.20. The monoisotopic (exact) mass is 429 g/mol. The Morgan fingerprint density at radius 2 is 1.87 bits per heavy atom. The molecule has 1 saturated heterocycles. The van der Waals surface area contributed by atoms with Crippen LogP contribution in [0.4, 0.5) is 25.4 Å². The molecule has 3 amide bonds. The van der Waals surface area contributed by atoms with E-state index >= 15 is 0 Å². The number of hydrogen-bond acceptors (Lipinski definition) is 5. The topological polar surface area (TPSA) is 86.8 Å². The summed E-state index contributed by atoms with van der Waals surface area (Å²) in [5, 5.41) is 5.19. The van der Waals surface area contributed by atoms with E-state index in [1.165, 1.54) is 12.3 Å². The molecule has 0 aliphatic carbocycles. The molecule has 166 valence electrons. The third kappa shape index (κ3) is 6.65. The van der Waals surface area contributed by atoms with Crippen LogP contribution >= 0.6 is 0 Å². The lowest BCUT2D eigenvalue weighted by molar-refractivity contribution is 0.0559. The van der Waals surface area contributed by atoms with Crippen LogP contribution in [0.3, 0.4) is 0 Å². The number of hydrogen-bond donors (Lipinski definition) is 2. The van der Waals surface area contributed by atoms with Crippen molar-refractivity contribution in [1.29, 1.82) is 0 Å². The van der Waals surface area contributed by atoms with E-state index in [0.717, 1.165) is 11.3 Å². The molecule has 2 aromatic rings. The highest BCUT2D eigenvalue weighted by atomic mass is 19.1. The smallest absolute Gasteiger partial charge is 0.410 e. The maximum absolute atomic E-state index is 14.2. The SMILES string of the molecule is Cc1ccc(NC(=O)Nc2cc(CN3CCN(C(=O)OC(C)C)CC3)ccc2F)cn1. The van der Waals surface area contributed by atoms with Gasteiger partial charge in [-0.25, -0.2) is 14.0 Å². The molecule has 1 aliphatic heterocycles. The Labute approximate surface area is 181 Å². The number of ether oxygens (including phenoxy) is 1. The molecular formula is C22H28FN5O3. The summed E-state index contributed by atoms with van der Waals surface area (Å²) >= 11 is 0. The van der Waals surface area contributed by atoms with Crippen LogP contribution in [0.15, 0.2) is 36.5 Å². The van der Waals surface area contributed by atoms with Gasteiger partial charge in [0, 0.05) is 38.4 Å². The standard InChI is InChI=1S/C22H28FN5O3/c1-15(2)31-22(30)28-10-8-27(9-11-28)14-17-5-7-19(23)20(12-17)26-21(29)25-18-6-4-16(3)24-13-18/h4-7,12-13,15H,8-11,14H2,1-3H3,(H2,25,26,29). The van der Waals surface area contributed by atoms with E-state index in [4.69, 9.17) is 4.74 Å². The Morgan fingerprint density at radius 1 is 1.13 bits per heavy atom. The fraction of sp³-hybridized carbons (Fsp3) is 0.409. The van der Waals surface area contributed by atoms with Gasteiger partial charge in [0.1, 0.15) is 5.82 Å². The molecular weight excluding hydrogens is 401 g/mol. The number of halogens is 1. The second kappa shape index (κ2) is 10.2. The summed E-state index contributed by atoms with van der Waals surface area (Å²) < 4.78 is 19.5. The summed E-state index contributed by atoms with van der Waals surface area (Å²) in [6.45, 7) is 8.62. The maximum atomic E-state index is 14.2. The molecule has 1 aromatic heterocycles. The van der Waals surface area contributed by atoms with E-state index in [1.807, 2.05) is 20.8 Å². The van der Waals surface area contributed by atoms with Gasteiger partial charge in [0.15, 0.2) is 0 Å². The quantitative estimate of drug-likeness (QED) is 0.754. The highest BCUT2D eigenvalue weighted by molar-refractivity contribution is 5.99. The number of piperazine rings is 1. The number of nitrogens with one attached hydrogen (secondary N) is 2. The zero-order valence-electron chi connectivity index (χ0n) is 18.0. The van der Waals surface area contributed by atoms with Gasteiger partial charge in [0.2, 0.25) is 0 Å². The first kappa shape index (κ1) is 22.5. The molecule has 0 saturated carbocycles. The third-order valence-electron chi connectivity index (χ3n) is 4.82. The van der Waals surface area contributed by atoms with Gasteiger partial charge in [-0.3, -0.25) is 9.88 Å². The minimum absolute atomic E-state index is 0.106. The average molecular weight is 429 g/mol. The number of pyridine rings is 1. The van der Waals surface area contributed by atoms with Gasteiger partial charge in [-0.1, -0.05) is 6.07 Å². The fourth-order valence-electron chi connectivity index (χ4n) is 3.22. The Bertz CT molecular complexity index is 912. The Balaban J connectivity index is 1.54. The Kier molecular flexibility index (Phi) is 7.41. The molecule has 3 rings (SSSR count). The summed E-state index contributed by atoms with van der Waals surface area (Å²) in [4.78, 5) is 32.2. The molecule has 1 aromatic carbocycles. The summed E-state index contributed by atoms with van der Waals surface area (Å²) in [5.74, 6) is -0.512. The number of amides is 3. The highest BCUT2D eigenvalue weighted by Crippen LogP contribution is 2.19. The van der Waals surface area contributed by atoms with Crippen molar-refractivity contribution in [2.24, 2.45) is 0 Å². The first-order valence-electron chi connectivity index (χ1n) is 10.3. The van der Waals surface area contributed by atoms with E-state index in [0.29, 0.717) is 38.4 Å². The van der Waals surface area contributed by atoms with Crippen LogP contribution in [0.1, 0.15) is 25.1 Å². The van der Waals surface area contributed by atoms with Crippen molar-refractivity contribution in [3.8, 4) is 0 Å². The van der Waals surface area contributed by atoms with Crippen molar-refractivity contribution >= 4 is 23.5 Å². The average Bonchev–Trinajstić information content (AvgIpc) is 2.72. The number of anilines is 2. The van der Waals surface area contributed by atoms with Crippen LogP contribution in [-0.4, -0.2) is 59.2 Å². The first-order chi connectivity index (χ1) is 14.8. The van der Waals surface area contributed by atoms with Crippen molar-refractivity contribution < 1.29 is 18.7 Å². The van der Waals surface area contributed by atoms with Crippen molar-refractivity contribution in [1.82, 2.24) is 14.8 Å². The van der Waals surface area contributed by atoms with Crippen molar-refractivity contribution in [3.05, 3.63) is 53.6 Å². The molecule has 0 radical (unpaired) electrons. The zero-order valence-corrected chi connectivity index (χ0v) is 18.0. The molecule has 1 fully saturated rings. The normalized spacial score (nSPS) is 14.4. The van der Waals surface area contributed by atoms with E-state index in [9.17, 15) is 14.0 Å². The van der Waals surface area contributed by atoms with Crippen LogP contribution in [0, 0.1) is 12.7 Å². The number of carbonyl (C=O) groups excluding carboxylic acids is 2. The van der Waals surface area contributed by atoms with Crippen LogP contribution in [-0.2, 0) is 11.3 Å². The lowest BCUT2D eigenvalue weighted by Gasteiger charge is -2.34. The number of urea groups is 1. The molecule has 31 heavy (non-hydrogen) atoms. The van der Waals surface area contributed by atoms with Crippen LogP contribution < -0.4 is 10.6 Å². The molecule has 9 heteroatoms. The van der Waals surface area contributed by atoms with Crippen molar-refractivity contribution in [2.75, 3.05) is 36.8 Å².